The average molecular weight is 623 g/mol. The Labute approximate surface area is 269 Å². The van der Waals surface area contributed by atoms with E-state index in [1.807, 2.05) is 66.7 Å². The van der Waals surface area contributed by atoms with Crippen LogP contribution in [0.4, 0.5) is 11.4 Å². The van der Waals surface area contributed by atoms with Crippen molar-refractivity contribution < 1.29 is 24.6 Å². The Balaban J connectivity index is 1.12. The number of hydrogen-bond donors (Lipinski definition) is 4. The number of carbonyl (C=O) groups is 3. The molecule has 3 amide bonds. The maximum Gasteiger partial charge on any atom is 0.264 e. The Morgan fingerprint density at radius 2 is 1.80 bits per heavy atom. The summed E-state index contributed by atoms with van der Waals surface area (Å²) in [6.45, 7) is 4.00. The molecule has 46 heavy (non-hydrogen) atoms. The molecule has 4 atom stereocenters. The van der Waals surface area contributed by atoms with Gasteiger partial charge < -0.3 is 30.6 Å². The van der Waals surface area contributed by atoms with Crippen LogP contribution in [0.25, 0.3) is 0 Å². The Morgan fingerprint density at radius 3 is 2.54 bits per heavy atom. The van der Waals surface area contributed by atoms with E-state index in [4.69, 9.17) is 0 Å². The van der Waals surface area contributed by atoms with Gasteiger partial charge in [0.05, 0.1) is 30.8 Å². The van der Waals surface area contributed by atoms with Crippen molar-refractivity contribution >= 4 is 29.1 Å². The van der Waals surface area contributed by atoms with Gasteiger partial charge in [-0.3, -0.25) is 14.4 Å². The first-order chi connectivity index (χ1) is 22.3. The zero-order valence-corrected chi connectivity index (χ0v) is 26.2. The molecule has 0 saturated carbocycles. The van der Waals surface area contributed by atoms with Gasteiger partial charge >= 0.3 is 0 Å². The molecule has 3 aliphatic rings. The van der Waals surface area contributed by atoms with Gasteiger partial charge in [0, 0.05) is 36.7 Å². The van der Waals surface area contributed by atoms with Crippen LogP contribution in [0.3, 0.4) is 0 Å². The molecule has 1 saturated heterocycles. The molecule has 3 aliphatic heterocycles. The van der Waals surface area contributed by atoms with E-state index in [-0.39, 0.29) is 43.3 Å². The highest BCUT2D eigenvalue weighted by Crippen LogP contribution is 2.45. The van der Waals surface area contributed by atoms with Crippen LogP contribution < -0.4 is 15.5 Å². The van der Waals surface area contributed by atoms with Crippen molar-refractivity contribution in [2.75, 3.05) is 29.9 Å². The summed E-state index contributed by atoms with van der Waals surface area (Å²) in [5, 5.41) is 28.2. The van der Waals surface area contributed by atoms with Crippen molar-refractivity contribution in [3.05, 3.63) is 107 Å². The van der Waals surface area contributed by atoms with Crippen molar-refractivity contribution in [2.45, 2.75) is 57.3 Å². The maximum atomic E-state index is 13.9. The number of anilines is 2. The van der Waals surface area contributed by atoms with E-state index < -0.39 is 17.4 Å². The van der Waals surface area contributed by atoms with Crippen LogP contribution in [0.1, 0.15) is 48.4 Å². The van der Waals surface area contributed by atoms with Gasteiger partial charge in [0.15, 0.2) is 5.60 Å². The lowest BCUT2D eigenvalue weighted by atomic mass is 9.83. The first-order valence-electron chi connectivity index (χ1n) is 16.2. The molecule has 0 aliphatic carbocycles. The fraction of sp³-hybridized carbons (Fsp3) is 0.378. The second-order valence-corrected chi connectivity index (χ2v) is 12.7. The van der Waals surface area contributed by atoms with Gasteiger partial charge in [-0.1, -0.05) is 73.7 Å². The van der Waals surface area contributed by atoms with Crippen LogP contribution in [0.2, 0.25) is 0 Å². The van der Waals surface area contributed by atoms with Crippen LogP contribution in [-0.4, -0.2) is 58.6 Å². The molecule has 4 N–H and O–H groups in total. The van der Waals surface area contributed by atoms with Gasteiger partial charge in [-0.2, -0.15) is 0 Å². The van der Waals surface area contributed by atoms with Crippen molar-refractivity contribution in [2.24, 2.45) is 11.8 Å². The molecule has 3 aromatic carbocycles. The number of hydrogen-bond acceptors (Lipinski definition) is 6. The summed E-state index contributed by atoms with van der Waals surface area (Å²) in [5.74, 6) is -1.18. The smallest absolute Gasteiger partial charge is 0.264 e. The molecule has 0 spiro atoms. The highest BCUT2D eigenvalue weighted by molar-refractivity contribution is 6.07. The first kappa shape index (κ1) is 31.7. The van der Waals surface area contributed by atoms with Crippen LogP contribution in [0.15, 0.2) is 84.9 Å². The minimum atomic E-state index is -1.80. The summed E-state index contributed by atoms with van der Waals surface area (Å²) in [4.78, 5) is 43.1. The number of rotatable bonds is 9. The van der Waals surface area contributed by atoms with Gasteiger partial charge in [0.25, 0.3) is 5.91 Å². The van der Waals surface area contributed by atoms with E-state index in [0.29, 0.717) is 36.4 Å². The Hall–Kier alpha value is -4.31. The maximum absolute atomic E-state index is 13.9. The zero-order chi connectivity index (χ0) is 32.3. The third kappa shape index (κ3) is 6.23. The second-order valence-electron chi connectivity index (χ2n) is 12.7. The third-order valence-corrected chi connectivity index (χ3v) is 9.67. The average Bonchev–Trinajstić information content (AvgIpc) is 3.31. The van der Waals surface area contributed by atoms with Crippen LogP contribution in [0, 0.1) is 11.8 Å². The van der Waals surface area contributed by atoms with Gasteiger partial charge in [0.1, 0.15) is 0 Å². The van der Waals surface area contributed by atoms with E-state index in [1.54, 1.807) is 34.9 Å². The first-order valence-corrected chi connectivity index (χ1v) is 16.2. The predicted molar refractivity (Wildman–Crippen MR) is 177 cm³/mol. The van der Waals surface area contributed by atoms with Crippen LogP contribution in [-0.2, 0) is 39.5 Å². The number of para-hydroxylation sites is 1. The van der Waals surface area contributed by atoms with Crippen LogP contribution in [0.5, 0.6) is 0 Å². The van der Waals surface area contributed by atoms with Crippen LogP contribution >= 0.6 is 0 Å². The van der Waals surface area contributed by atoms with E-state index in [0.717, 1.165) is 36.1 Å². The van der Waals surface area contributed by atoms with Gasteiger partial charge in [-0.15, -0.1) is 0 Å². The van der Waals surface area contributed by atoms with Gasteiger partial charge in [-0.25, -0.2) is 0 Å². The predicted octanol–water partition coefficient (Wildman–Crippen LogP) is 3.89. The highest BCUT2D eigenvalue weighted by atomic mass is 16.3. The molecule has 0 aromatic heterocycles. The number of carbonyl (C=O) groups excluding carboxylic acids is 3. The molecule has 9 nitrogen and oxygen atoms in total. The third-order valence-electron chi connectivity index (χ3n) is 9.67. The van der Waals surface area contributed by atoms with Crippen molar-refractivity contribution in [1.29, 1.82) is 0 Å². The minimum absolute atomic E-state index is 0.00637. The molecule has 3 aromatic rings. The molecule has 1 fully saturated rings. The molecule has 0 radical (unpaired) electrons. The SMILES string of the molecule is C[C@@H](/C=C/CC(=O)N1Cc2ccccc2C[C@H]1CO)[C@]1(O)C(=O)N(Cc2ccc(NC(=O)C3CCCNC3)cc2)c2ccccc21. The summed E-state index contributed by atoms with van der Waals surface area (Å²) >= 11 is 0. The number of aliphatic hydroxyl groups excluding tert-OH is 1. The van der Waals surface area contributed by atoms with E-state index in [2.05, 4.69) is 10.6 Å². The number of nitrogens with one attached hydrogen (secondary N) is 2. The topological polar surface area (TPSA) is 122 Å². The number of amides is 3. The van der Waals surface area contributed by atoms with Crippen molar-refractivity contribution in [3.63, 3.8) is 0 Å². The molecule has 1 unspecified atom stereocenters. The van der Waals surface area contributed by atoms with E-state index in [9.17, 15) is 24.6 Å². The number of benzene rings is 3. The summed E-state index contributed by atoms with van der Waals surface area (Å²) in [6.07, 6.45) is 6.02. The fourth-order valence-electron chi connectivity index (χ4n) is 6.93. The molecular weight excluding hydrogens is 580 g/mol. The summed E-state index contributed by atoms with van der Waals surface area (Å²) < 4.78 is 0. The van der Waals surface area contributed by atoms with E-state index in [1.165, 1.54) is 0 Å². The molecule has 240 valence electrons. The van der Waals surface area contributed by atoms with E-state index >= 15 is 0 Å². The molecule has 0 bridgehead atoms. The largest absolute Gasteiger partial charge is 0.394 e. The van der Waals surface area contributed by atoms with Crippen molar-refractivity contribution in [1.82, 2.24) is 10.2 Å². The monoisotopic (exact) mass is 622 g/mol. The second kappa shape index (κ2) is 13.6. The fourth-order valence-corrected chi connectivity index (χ4v) is 6.93. The molecular formula is C37H42N4O5. The van der Waals surface area contributed by atoms with Gasteiger partial charge in [0.2, 0.25) is 11.8 Å². The van der Waals surface area contributed by atoms with Crippen molar-refractivity contribution in [3.8, 4) is 0 Å². The molecule has 6 rings (SSSR count). The lowest BCUT2D eigenvalue weighted by Gasteiger charge is -2.36. The lowest BCUT2D eigenvalue weighted by Crippen LogP contribution is -2.46. The summed E-state index contributed by atoms with van der Waals surface area (Å²) in [6, 6.07) is 22.4. The summed E-state index contributed by atoms with van der Waals surface area (Å²) in [5.41, 5.74) is 3.17. The minimum Gasteiger partial charge on any atom is -0.394 e. The number of piperidine rings is 1. The quantitative estimate of drug-likeness (QED) is 0.269. The Morgan fingerprint density at radius 1 is 1.07 bits per heavy atom. The zero-order valence-electron chi connectivity index (χ0n) is 26.2. The summed E-state index contributed by atoms with van der Waals surface area (Å²) in [7, 11) is 0. The highest BCUT2D eigenvalue weighted by Gasteiger charge is 2.52. The number of aliphatic hydroxyl groups is 2. The molecule has 3 heterocycles. The van der Waals surface area contributed by atoms with Gasteiger partial charge in [-0.05, 0) is 60.7 Å². The number of fused-ring (bicyclic) bond motifs is 2. The Kier molecular flexibility index (Phi) is 9.35. The standard InChI is InChI=1S/C37H42N4O5/c1-25(8-6-14-34(43)40-23-29-10-3-2-9-27(29)20-31(40)24-42)37(46)32-12-4-5-13-33(32)41(36(37)45)22-26-15-17-30(18-16-26)39-35(44)28-11-7-19-38-21-28/h2-6,8-10,12-13,15-18,25,28,31,38,42,46H,7,11,14,19-24H2,1H3,(H,39,44)/b8-6+/t25-,28?,31-,37+/m0/s1. The normalized spacial score (nSPS) is 23.2. The number of nitrogens with zero attached hydrogens (tertiary/aromatic N) is 2. The Bertz CT molecular complexity index is 1620. The molecule has 9 heteroatoms. The lowest BCUT2D eigenvalue weighted by molar-refractivity contribution is -0.139.